The molecule has 35 heavy (non-hydrogen) atoms. The van der Waals surface area contributed by atoms with Crippen LogP contribution in [0.25, 0.3) is 0 Å². The van der Waals surface area contributed by atoms with Crippen LogP contribution in [0.5, 0.6) is 5.75 Å². The number of amides is 1. The third-order valence-corrected chi connectivity index (χ3v) is 8.11. The summed E-state index contributed by atoms with van der Waals surface area (Å²) in [6.07, 6.45) is 0.986. The number of sulfonamides is 1. The Bertz CT molecular complexity index is 1240. The van der Waals surface area contributed by atoms with Gasteiger partial charge in [-0.2, -0.15) is 4.31 Å². The van der Waals surface area contributed by atoms with E-state index in [1.807, 2.05) is 31.2 Å². The van der Waals surface area contributed by atoms with Crippen LogP contribution in [0.3, 0.4) is 0 Å². The molecule has 184 valence electrons. The maximum atomic E-state index is 13.0. The number of aryl methyl sites for hydroxylation is 1. The van der Waals surface area contributed by atoms with Gasteiger partial charge in [-0.1, -0.05) is 42.0 Å². The molecule has 0 atom stereocenters. The standard InChI is InChI=1S/C27H29FN2O4S/c1-20-2-12-26(13-3-20)35(32,33)30-16-14-23(15-17-30)27(31)29-18-21-6-10-25(11-7-21)34-19-22-4-8-24(28)9-5-22/h2-13,23H,14-19H2,1H3,(H,29,31). The molecule has 1 saturated heterocycles. The average Bonchev–Trinajstić information content (AvgIpc) is 2.88. The van der Waals surface area contributed by atoms with E-state index in [4.69, 9.17) is 4.74 Å². The zero-order valence-corrected chi connectivity index (χ0v) is 20.4. The first kappa shape index (κ1) is 24.9. The van der Waals surface area contributed by atoms with Crippen LogP contribution in [0, 0.1) is 18.7 Å². The third-order valence-electron chi connectivity index (χ3n) is 6.19. The van der Waals surface area contributed by atoms with E-state index in [0.717, 1.165) is 16.7 Å². The van der Waals surface area contributed by atoms with E-state index >= 15 is 0 Å². The molecular weight excluding hydrogens is 467 g/mol. The van der Waals surface area contributed by atoms with Crippen molar-refractivity contribution in [2.45, 2.75) is 37.8 Å². The molecule has 0 unspecified atom stereocenters. The Kier molecular flexibility index (Phi) is 7.83. The van der Waals surface area contributed by atoms with Crippen molar-refractivity contribution in [2.24, 2.45) is 5.92 Å². The van der Waals surface area contributed by atoms with Crippen molar-refractivity contribution in [1.82, 2.24) is 9.62 Å². The van der Waals surface area contributed by atoms with Gasteiger partial charge in [0.25, 0.3) is 0 Å². The van der Waals surface area contributed by atoms with Gasteiger partial charge in [-0.05, 0) is 67.3 Å². The number of hydrogen-bond acceptors (Lipinski definition) is 4. The Morgan fingerprint density at radius 1 is 0.943 bits per heavy atom. The summed E-state index contributed by atoms with van der Waals surface area (Å²) in [6.45, 7) is 3.30. The van der Waals surface area contributed by atoms with E-state index in [-0.39, 0.29) is 22.5 Å². The fraction of sp³-hybridized carbons (Fsp3) is 0.296. The largest absolute Gasteiger partial charge is 0.489 e. The number of rotatable bonds is 8. The Morgan fingerprint density at radius 2 is 1.54 bits per heavy atom. The lowest BCUT2D eigenvalue weighted by molar-refractivity contribution is -0.126. The Balaban J connectivity index is 1.22. The topological polar surface area (TPSA) is 75.7 Å². The predicted octanol–water partition coefficient (Wildman–Crippen LogP) is 4.43. The number of nitrogens with zero attached hydrogens (tertiary/aromatic N) is 1. The number of carbonyl (C=O) groups excluding carboxylic acids is 1. The number of piperidine rings is 1. The van der Waals surface area contributed by atoms with Crippen LogP contribution in [0.4, 0.5) is 4.39 Å². The molecule has 0 saturated carbocycles. The molecule has 0 spiro atoms. The van der Waals surface area contributed by atoms with Gasteiger partial charge in [0.2, 0.25) is 15.9 Å². The van der Waals surface area contributed by atoms with Gasteiger partial charge < -0.3 is 10.1 Å². The number of carbonyl (C=O) groups is 1. The number of ether oxygens (including phenoxy) is 1. The maximum absolute atomic E-state index is 13.0. The summed E-state index contributed by atoms with van der Waals surface area (Å²) in [4.78, 5) is 12.9. The van der Waals surface area contributed by atoms with Crippen LogP contribution in [-0.4, -0.2) is 31.7 Å². The fourth-order valence-corrected chi connectivity index (χ4v) is 5.47. The molecule has 4 rings (SSSR count). The highest BCUT2D eigenvalue weighted by molar-refractivity contribution is 7.89. The van der Waals surface area contributed by atoms with E-state index < -0.39 is 10.0 Å². The highest BCUT2D eigenvalue weighted by atomic mass is 32.2. The number of nitrogens with one attached hydrogen (secondary N) is 1. The quantitative estimate of drug-likeness (QED) is 0.501. The van der Waals surface area contributed by atoms with Crippen molar-refractivity contribution in [3.05, 3.63) is 95.3 Å². The van der Waals surface area contributed by atoms with E-state index in [9.17, 15) is 17.6 Å². The van der Waals surface area contributed by atoms with Crippen molar-refractivity contribution < 1.29 is 22.3 Å². The lowest BCUT2D eigenvalue weighted by Gasteiger charge is -2.30. The smallest absolute Gasteiger partial charge is 0.243 e. The van der Waals surface area contributed by atoms with Gasteiger partial charge in [-0.25, -0.2) is 12.8 Å². The molecule has 0 aliphatic carbocycles. The first-order valence-corrected chi connectivity index (χ1v) is 13.1. The van der Waals surface area contributed by atoms with Crippen LogP contribution in [0.2, 0.25) is 0 Å². The highest BCUT2D eigenvalue weighted by Gasteiger charge is 2.31. The van der Waals surface area contributed by atoms with Gasteiger partial charge in [0.1, 0.15) is 18.2 Å². The molecule has 6 nitrogen and oxygen atoms in total. The molecule has 3 aromatic rings. The highest BCUT2D eigenvalue weighted by Crippen LogP contribution is 2.24. The molecule has 1 N–H and O–H groups in total. The van der Waals surface area contributed by atoms with E-state index in [2.05, 4.69) is 5.32 Å². The van der Waals surface area contributed by atoms with Crippen LogP contribution < -0.4 is 10.1 Å². The predicted molar refractivity (Wildman–Crippen MR) is 132 cm³/mol. The van der Waals surface area contributed by atoms with Gasteiger partial charge in [0.15, 0.2) is 0 Å². The van der Waals surface area contributed by atoms with Crippen LogP contribution in [-0.2, 0) is 28.0 Å². The van der Waals surface area contributed by atoms with Crippen molar-refractivity contribution in [3.8, 4) is 5.75 Å². The third kappa shape index (κ3) is 6.46. The Labute approximate surface area is 205 Å². The normalized spacial score (nSPS) is 15.0. The Morgan fingerprint density at radius 3 is 2.17 bits per heavy atom. The molecule has 8 heteroatoms. The SMILES string of the molecule is Cc1ccc(S(=O)(=O)N2CCC(C(=O)NCc3ccc(OCc4ccc(F)cc4)cc3)CC2)cc1. The molecule has 0 bridgehead atoms. The molecule has 1 heterocycles. The second-order valence-electron chi connectivity index (χ2n) is 8.77. The summed E-state index contributed by atoms with van der Waals surface area (Å²) in [5.41, 5.74) is 2.82. The summed E-state index contributed by atoms with van der Waals surface area (Å²) in [5.74, 6) is 0.136. The number of halogens is 1. The van der Waals surface area contributed by atoms with Gasteiger partial charge in [0.05, 0.1) is 4.90 Å². The summed E-state index contributed by atoms with van der Waals surface area (Å²) >= 11 is 0. The molecule has 1 fully saturated rings. The number of hydrogen-bond donors (Lipinski definition) is 1. The number of benzene rings is 3. The van der Waals surface area contributed by atoms with Crippen molar-refractivity contribution >= 4 is 15.9 Å². The summed E-state index contributed by atoms with van der Waals surface area (Å²) in [5, 5.41) is 2.96. The van der Waals surface area contributed by atoms with Crippen LogP contribution in [0.15, 0.2) is 77.7 Å². The first-order valence-electron chi connectivity index (χ1n) is 11.6. The summed E-state index contributed by atoms with van der Waals surface area (Å²) in [7, 11) is -3.54. The van der Waals surface area contributed by atoms with Crippen LogP contribution >= 0.6 is 0 Å². The minimum atomic E-state index is -3.54. The molecule has 0 aromatic heterocycles. The minimum absolute atomic E-state index is 0.0611. The van der Waals surface area contributed by atoms with Gasteiger partial charge >= 0.3 is 0 Å². The van der Waals surface area contributed by atoms with Gasteiger partial charge in [-0.15, -0.1) is 0 Å². The zero-order valence-electron chi connectivity index (χ0n) is 19.6. The van der Waals surface area contributed by atoms with E-state index in [0.29, 0.717) is 44.8 Å². The summed E-state index contributed by atoms with van der Waals surface area (Å²) in [6, 6.07) is 20.4. The Hall–Kier alpha value is -3.23. The lowest BCUT2D eigenvalue weighted by Crippen LogP contribution is -2.42. The van der Waals surface area contributed by atoms with E-state index in [1.54, 1.807) is 36.4 Å². The zero-order chi connectivity index (χ0) is 24.8. The van der Waals surface area contributed by atoms with Crippen molar-refractivity contribution in [1.29, 1.82) is 0 Å². The maximum Gasteiger partial charge on any atom is 0.243 e. The second-order valence-corrected chi connectivity index (χ2v) is 10.7. The molecule has 1 aliphatic heterocycles. The molecule has 0 radical (unpaired) electrons. The lowest BCUT2D eigenvalue weighted by atomic mass is 9.97. The second kappa shape index (κ2) is 11.0. The molecule has 3 aromatic carbocycles. The summed E-state index contributed by atoms with van der Waals surface area (Å²) < 4.78 is 45.9. The monoisotopic (exact) mass is 496 g/mol. The van der Waals surface area contributed by atoms with Gasteiger partial charge in [-0.3, -0.25) is 4.79 Å². The molecular formula is C27H29FN2O4S. The minimum Gasteiger partial charge on any atom is -0.489 e. The van der Waals surface area contributed by atoms with Crippen molar-refractivity contribution in [3.63, 3.8) is 0 Å². The van der Waals surface area contributed by atoms with Gasteiger partial charge in [0, 0.05) is 25.6 Å². The van der Waals surface area contributed by atoms with Crippen LogP contribution in [0.1, 0.15) is 29.5 Å². The molecule has 1 aliphatic rings. The first-order chi connectivity index (χ1) is 16.8. The van der Waals surface area contributed by atoms with E-state index in [1.165, 1.54) is 16.4 Å². The van der Waals surface area contributed by atoms with Crippen molar-refractivity contribution in [2.75, 3.05) is 13.1 Å². The fourth-order valence-electron chi connectivity index (χ4n) is 4.00. The molecule has 1 amide bonds. The average molecular weight is 497 g/mol.